The normalized spacial score (nSPS) is 19.3. The van der Waals surface area contributed by atoms with Crippen LogP contribution in [0, 0.1) is 0 Å². The zero-order valence-corrected chi connectivity index (χ0v) is 24.8. The van der Waals surface area contributed by atoms with Crippen molar-refractivity contribution in [2.45, 2.75) is 44.0 Å². The van der Waals surface area contributed by atoms with Gasteiger partial charge in [-0.15, -0.1) is 0 Å². The van der Waals surface area contributed by atoms with E-state index in [0.29, 0.717) is 37.1 Å². The third-order valence-electron chi connectivity index (χ3n) is 7.59. The van der Waals surface area contributed by atoms with Crippen molar-refractivity contribution >= 4 is 25.8 Å². The van der Waals surface area contributed by atoms with Crippen molar-refractivity contribution in [3.63, 3.8) is 0 Å². The lowest BCUT2D eigenvalue weighted by atomic mass is 10.1. The highest BCUT2D eigenvalue weighted by molar-refractivity contribution is 7.90. The zero-order chi connectivity index (χ0) is 27.8. The molecule has 0 radical (unpaired) electrons. The first kappa shape index (κ1) is 31.0. The Morgan fingerprint density at radius 3 is 2.26 bits per heavy atom. The van der Waals surface area contributed by atoms with E-state index in [1.165, 1.54) is 10.6 Å². The van der Waals surface area contributed by atoms with Crippen LogP contribution in [0.5, 0.6) is 0 Å². The standard InChI is InChI=1S/C26H45N5O5S2/c1-4-29(23(2)21-24-7-9-25(10-8-24)37(3,33)34)13-5-6-14-30-17-18-31(22-26(30)32)38(35,36)20-19-28-15-11-27-12-16-28/h7-10,23,27H,4-6,11-22H2,1-3H3. The van der Waals surface area contributed by atoms with Gasteiger partial charge in [-0.25, -0.2) is 16.8 Å². The number of piperazine rings is 2. The second-order valence-corrected chi connectivity index (χ2v) is 14.5. The lowest BCUT2D eigenvalue weighted by Crippen LogP contribution is -2.53. The number of nitrogens with zero attached hydrogens (tertiary/aromatic N) is 4. The molecule has 1 amide bonds. The van der Waals surface area contributed by atoms with Crippen LogP contribution in [0.1, 0.15) is 32.3 Å². The second-order valence-electron chi connectivity index (χ2n) is 10.4. The third kappa shape index (κ3) is 9.27. The first-order chi connectivity index (χ1) is 18.0. The van der Waals surface area contributed by atoms with Gasteiger partial charge in [0.2, 0.25) is 15.9 Å². The highest BCUT2D eigenvalue weighted by Crippen LogP contribution is 2.15. The summed E-state index contributed by atoms with van der Waals surface area (Å²) in [6.07, 6.45) is 3.87. The Morgan fingerprint density at radius 1 is 0.974 bits per heavy atom. The molecular weight excluding hydrogens is 526 g/mol. The van der Waals surface area contributed by atoms with E-state index in [1.54, 1.807) is 17.0 Å². The van der Waals surface area contributed by atoms with Crippen molar-refractivity contribution in [3.8, 4) is 0 Å². The maximum absolute atomic E-state index is 12.8. The molecule has 2 fully saturated rings. The van der Waals surface area contributed by atoms with Crippen molar-refractivity contribution in [2.24, 2.45) is 0 Å². The van der Waals surface area contributed by atoms with Crippen LogP contribution in [0.4, 0.5) is 0 Å². The molecule has 2 aliphatic rings. The number of likely N-dealkylation sites (N-methyl/N-ethyl adjacent to an activating group) is 1. The van der Waals surface area contributed by atoms with E-state index in [9.17, 15) is 21.6 Å². The van der Waals surface area contributed by atoms with Crippen LogP contribution < -0.4 is 5.32 Å². The Kier molecular flexibility index (Phi) is 11.6. The molecule has 0 aromatic heterocycles. The van der Waals surface area contributed by atoms with E-state index in [-0.39, 0.29) is 18.2 Å². The Labute approximate surface area is 229 Å². The smallest absolute Gasteiger partial charge is 0.237 e. The molecule has 2 aliphatic heterocycles. The molecule has 0 spiro atoms. The quantitative estimate of drug-likeness (QED) is 0.322. The first-order valence-corrected chi connectivity index (χ1v) is 17.2. The van der Waals surface area contributed by atoms with Crippen molar-refractivity contribution in [1.82, 2.24) is 24.3 Å². The molecule has 1 aromatic rings. The van der Waals surface area contributed by atoms with E-state index in [2.05, 4.69) is 29.0 Å². The molecule has 216 valence electrons. The van der Waals surface area contributed by atoms with Gasteiger partial charge < -0.3 is 15.1 Å². The van der Waals surface area contributed by atoms with Crippen molar-refractivity contribution in [1.29, 1.82) is 0 Å². The molecule has 0 bridgehead atoms. The predicted octanol–water partition coefficient (Wildman–Crippen LogP) is 0.502. The number of benzene rings is 1. The summed E-state index contributed by atoms with van der Waals surface area (Å²) in [6.45, 7) is 11.5. The Morgan fingerprint density at radius 2 is 1.66 bits per heavy atom. The van der Waals surface area contributed by atoms with Gasteiger partial charge in [-0.1, -0.05) is 19.1 Å². The molecule has 1 N–H and O–H groups in total. The molecule has 3 rings (SSSR count). The minimum Gasteiger partial charge on any atom is -0.340 e. The number of nitrogens with one attached hydrogen (secondary N) is 1. The zero-order valence-electron chi connectivity index (χ0n) is 23.1. The van der Waals surface area contributed by atoms with E-state index in [1.807, 2.05) is 12.1 Å². The average Bonchev–Trinajstić information content (AvgIpc) is 2.88. The van der Waals surface area contributed by atoms with Crippen molar-refractivity contribution in [3.05, 3.63) is 29.8 Å². The van der Waals surface area contributed by atoms with Gasteiger partial charge >= 0.3 is 0 Å². The highest BCUT2D eigenvalue weighted by atomic mass is 32.2. The van der Waals surface area contributed by atoms with Crippen LogP contribution in [-0.2, 0) is 31.1 Å². The lowest BCUT2D eigenvalue weighted by Gasteiger charge is -2.34. The summed E-state index contributed by atoms with van der Waals surface area (Å²) in [7, 11) is -6.63. The summed E-state index contributed by atoms with van der Waals surface area (Å²) in [5, 5.41) is 3.27. The number of sulfone groups is 1. The molecular formula is C26H45N5O5S2. The number of carbonyl (C=O) groups excluding carboxylic acids is 1. The Balaban J connectivity index is 1.37. The number of unbranched alkanes of at least 4 members (excludes halogenated alkanes) is 1. The minimum absolute atomic E-state index is 0.0554. The molecule has 1 aromatic carbocycles. The lowest BCUT2D eigenvalue weighted by molar-refractivity contribution is -0.134. The van der Waals surface area contributed by atoms with Crippen LogP contribution in [-0.4, -0.2) is 132 Å². The van der Waals surface area contributed by atoms with Crippen LogP contribution >= 0.6 is 0 Å². The molecule has 2 heterocycles. The van der Waals surface area contributed by atoms with E-state index in [0.717, 1.165) is 64.1 Å². The molecule has 38 heavy (non-hydrogen) atoms. The summed E-state index contributed by atoms with van der Waals surface area (Å²) in [6, 6.07) is 7.42. The minimum atomic E-state index is -3.44. The van der Waals surface area contributed by atoms with Gasteiger partial charge in [0.1, 0.15) is 0 Å². The van der Waals surface area contributed by atoms with Crippen molar-refractivity contribution < 1.29 is 21.6 Å². The Hall–Kier alpha value is -1.57. The van der Waals surface area contributed by atoms with Crippen molar-refractivity contribution in [2.75, 3.05) is 84.0 Å². The van der Waals surface area contributed by atoms with Gasteiger partial charge in [0.15, 0.2) is 9.84 Å². The fourth-order valence-electron chi connectivity index (χ4n) is 5.12. The summed E-state index contributed by atoms with van der Waals surface area (Å²) >= 11 is 0. The topological polar surface area (TPSA) is 110 Å². The maximum Gasteiger partial charge on any atom is 0.237 e. The van der Waals surface area contributed by atoms with Gasteiger partial charge in [0.05, 0.1) is 17.2 Å². The predicted molar refractivity (Wildman–Crippen MR) is 150 cm³/mol. The Bertz CT molecular complexity index is 1110. The SMILES string of the molecule is CCN(CCCCN1CCN(S(=O)(=O)CCN2CCNCC2)CC1=O)C(C)Cc1ccc(S(C)(=O)=O)cc1. The number of hydrogen-bond acceptors (Lipinski definition) is 8. The van der Waals surface area contributed by atoms with Crippen LogP contribution in [0.2, 0.25) is 0 Å². The monoisotopic (exact) mass is 571 g/mol. The molecule has 1 unspecified atom stereocenters. The summed E-state index contributed by atoms with van der Waals surface area (Å²) in [4.78, 5) is 19.4. The van der Waals surface area contributed by atoms with Gasteiger partial charge in [0.25, 0.3) is 0 Å². The number of carbonyl (C=O) groups is 1. The third-order valence-corrected chi connectivity index (χ3v) is 10.5. The fraction of sp³-hybridized carbons (Fsp3) is 0.731. The average molecular weight is 572 g/mol. The van der Waals surface area contributed by atoms with E-state index >= 15 is 0 Å². The summed E-state index contributed by atoms with van der Waals surface area (Å²) in [5.41, 5.74) is 1.11. The van der Waals surface area contributed by atoms with Gasteiger partial charge in [0, 0.05) is 64.7 Å². The number of amides is 1. The van der Waals surface area contributed by atoms with Crippen LogP contribution in [0.25, 0.3) is 0 Å². The first-order valence-electron chi connectivity index (χ1n) is 13.7. The molecule has 0 saturated carbocycles. The van der Waals surface area contributed by atoms with Gasteiger partial charge in [-0.3, -0.25) is 9.69 Å². The molecule has 1 atom stereocenters. The number of rotatable bonds is 14. The fourth-order valence-corrected chi connectivity index (χ4v) is 7.16. The van der Waals surface area contributed by atoms with Crippen LogP contribution in [0.15, 0.2) is 29.2 Å². The second kappa shape index (κ2) is 14.2. The van der Waals surface area contributed by atoms with E-state index in [4.69, 9.17) is 0 Å². The summed E-state index contributed by atoms with van der Waals surface area (Å²) in [5.74, 6) is -0.0482. The molecule has 12 heteroatoms. The van der Waals surface area contributed by atoms with Gasteiger partial charge in [-0.05, 0) is 57.0 Å². The van der Waals surface area contributed by atoms with Gasteiger partial charge in [-0.2, -0.15) is 4.31 Å². The summed E-state index contributed by atoms with van der Waals surface area (Å²) < 4.78 is 50.3. The highest BCUT2D eigenvalue weighted by Gasteiger charge is 2.31. The van der Waals surface area contributed by atoms with Crippen LogP contribution in [0.3, 0.4) is 0 Å². The van der Waals surface area contributed by atoms with E-state index < -0.39 is 19.9 Å². The number of sulfonamides is 1. The molecule has 2 saturated heterocycles. The maximum atomic E-state index is 12.8. The number of hydrogen-bond donors (Lipinski definition) is 1. The molecule has 10 nitrogen and oxygen atoms in total. The largest absolute Gasteiger partial charge is 0.340 e. The molecule has 0 aliphatic carbocycles.